The summed E-state index contributed by atoms with van der Waals surface area (Å²) in [5.41, 5.74) is -0.0314. The quantitative estimate of drug-likeness (QED) is 0.795. The highest BCUT2D eigenvalue weighted by Gasteiger charge is 2.27. The molecule has 1 heterocycles. The van der Waals surface area contributed by atoms with E-state index in [9.17, 15) is 14.3 Å². The van der Waals surface area contributed by atoms with Gasteiger partial charge in [0.05, 0.1) is 5.56 Å². The molecule has 1 aliphatic carbocycles. The smallest absolute Gasteiger partial charge is 0.255 e. The number of aromatic nitrogens is 1. The third kappa shape index (κ3) is 2.85. The lowest BCUT2D eigenvalue weighted by molar-refractivity contribution is 0.0933. The summed E-state index contributed by atoms with van der Waals surface area (Å²) in [6.45, 7) is 0.639. The van der Waals surface area contributed by atoms with E-state index in [1.165, 1.54) is 18.3 Å². The van der Waals surface area contributed by atoms with Crippen LogP contribution in [0.15, 0.2) is 18.3 Å². The fraction of sp³-hybridized carbons (Fsp3) is 0.538. The van der Waals surface area contributed by atoms with Crippen LogP contribution in [0.2, 0.25) is 0 Å². The van der Waals surface area contributed by atoms with Gasteiger partial charge >= 0.3 is 0 Å². The Kier molecular flexibility index (Phi) is 4.25. The van der Waals surface area contributed by atoms with Crippen molar-refractivity contribution in [1.29, 1.82) is 0 Å². The molecule has 0 bridgehead atoms. The SMILES string of the molecule is O=C(NCC1CCCC1CO)c1cccnc1F. The molecule has 1 amide bonds. The summed E-state index contributed by atoms with van der Waals surface area (Å²) in [7, 11) is 0. The topological polar surface area (TPSA) is 62.2 Å². The number of halogens is 1. The van der Waals surface area contributed by atoms with Gasteiger partial charge in [-0.2, -0.15) is 4.39 Å². The number of amides is 1. The van der Waals surface area contributed by atoms with Gasteiger partial charge in [-0.15, -0.1) is 0 Å². The summed E-state index contributed by atoms with van der Waals surface area (Å²) in [5, 5.41) is 11.9. The van der Waals surface area contributed by atoms with Crippen LogP contribution in [0.3, 0.4) is 0 Å². The molecule has 1 aromatic rings. The van der Waals surface area contributed by atoms with Gasteiger partial charge in [-0.05, 0) is 36.8 Å². The first-order chi connectivity index (χ1) is 8.72. The highest BCUT2D eigenvalue weighted by atomic mass is 19.1. The lowest BCUT2D eigenvalue weighted by Crippen LogP contribution is -2.32. The number of carbonyl (C=O) groups is 1. The molecule has 0 spiro atoms. The molecule has 2 atom stereocenters. The standard InChI is InChI=1S/C13H17FN2O2/c14-12-11(5-2-6-15-12)13(18)16-7-9-3-1-4-10(9)8-17/h2,5-6,9-10,17H,1,3-4,7-8H2,(H,16,18). The van der Waals surface area contributed by atoms with Crippen LogP contribution < -0.4 is 5.32 Å². The number of nitrogens with zero attached hydrogens (tertiary/aromatic N) is 1. The summed E-state index contributed by atoms with van der Waals surface area (Å²) in [5.74, 6) is -0.646. The van der Waals surface area contributed by atoms with Crippen LogP contribution in [0.5, 0.6) is 0 Å². The largest absolute Gasteiger partial charge is 0.396 e. The van der Waals surface area contributed by atoms with E-state index in [2.05, 4.69) is 10.3 Å². The Morgan fingerprint density at radius 3 is 3.00 bits per heavy atom. The van der Waals surface area contributed by atoms with Crippen LogP contribution >= 0.6 is 0 Å². The Bertz CT molecular complexity index is 425. The summed E-state index contributed by atoms with van der Waals surface area (Å²) < 4.78 is 13.3. The maximum atomic E-state index is 13.3. The van der Waals surface area contributed by atoms with Crippen molar-refractivity contribution in [1.82, 2.24) is 10.3 Å². The van der Waals surface area contributed by atoms with Gasteiger partial charge in [0.1, 0.15) is 0 Å². The summed E-state index contributed by atoms with van der Waals surface area (Å²) >= 11 is 0. The second-order valence-corrected chi connectivity index (χ2v) is 4.69. The minimum absolute atomic E-state index is 0.0314. The number of rotatable bonds is 4. The molecule has 0 radical (unpaired) electrons. The zero-order chi connectivity index (χ0) is 13.0. The van der Waals surface area contributed by atoms with E-state index in [0.717, 1.165) is 19.3 Å². The Hall–Kier alpha value is -1.49. The number of hydrogen-bond acceptors (Lipinski definition) is 3. The van der Waals surface area contributed by atoms with Gasteiger partial charge in [-0.3, -0.25) is 4.79 Å². The lowest BCUT2D eigenvalue weighted by Gasteiger charge is -2.17. The first-order valence-corrected chi connectivity index (χ1v) is 6.22. The van der Waals surface area contributed by atoms with E-state index in [4.69, 9.17) is 0 Å². The number of aliphatic hydroxyl groups excluding tert-OH is 1. The van der Waals surface area contributed by atoms with Crippen LogP contribution in [0.25, 0.3) is 0 Å². The van der Waals surface area contributed by atoms with E-state index in [-0.39, 0.29) is 18.1 Å². The van der Waals surface area contributed by atoms with Crippen LogP contribution in [0, 0.1) is 17.8 Å². The normalized spacial score (nSPS) is 23.0. The Labute approximate surface area is 105 Å². The number of hydrogen-bond donors (Lipinski definition) is 2. The number of nitrogens with one attached hydrogen (secondary N) is 1. The van der Waals surface area contributed by atoms with Gasteiger partial charge in [-0.25, -0.2) is 4.98 Å². The molecule has 1 saturated carbocycles. The van der Waals surface area contributed by atoms with E-state index in [1.807, 2.05) is 0 Å². The Morgan fingerprint density at radius 1 is 1.50 bits per heavy atom. The molecule has 1 aliphatic rings. The maximum absolute atomic E-state index is 13.3. The van der Waals surface area contributed by atoms with Gasteiger partial charge in [0.2, 0.25) is 5.95 Å². The van der Waals surface area contributed by atoms with Crippen molar-refractivity contribution in [2.75, 3.05) is 13.2 Å². The summed E-state index contributed by atoms with van der Waals surface area (Å²) in [4.78, 5) is 15.2. The average Bonchev–Trinajstić information content (AvgIpc) is 2.84. The third-order valence-electron chi connectivity index (χ3n) is 3.58. The minimum atomic E-state index is -0.750. The predicted molar refractivity (Wildman–Crippen MR) is 64.4 cm³/mol. The van der Waals surface area contributed by atoms with Gasteiger partial charge in [0.15, 0.2) is 0 Å². The number of aliphatic hydroxyl groups is 1. The first-order valence-electron chi connectivity index (χ1n) is 6.22. The first kappa shape index (κ1) is 13.0. The summed E-state index contributed by atoms with van der Waals surface area (Å²) in [6, 6.07) is 2.94. The zero-order valence-electron chi connectivity index (χ0n) is 10.1. The van der Waals surface area contributed by atoms with Crippen molar-refractivity contribution in [3.05, 3.63) is 29.8 Å². The molecule has 1 aromatic heterocycles. The molecule has 2 unspecified atom stereocenters. The zero-order valence-corrected chi connectivity index (χ0v) is 10.1. The molecule has 98 valence electrons. The van der Waals surface area contributed by atoms with E-state index >= 15 is 0 Å². The molecule has 0 saturated heterocycles. The molecular weight excluding hydrogens is 235 g/mol. The van der Waals surface area contributed by atoms with Crippen molar-refractivity contribution >= 4 is 5.91 Å². The van der Waals surface area contributed by atoms with Gasteiger partial charge in [-0.1, -0.05) is 6.42 Å². The van der Waals surface area contributed by atoms with Crippen molar-refractivity contribution in [3.8, 4) is 0 Å². The van der Waals surface area contributed by atoms with Crippen molar-refractivity contribution < 1.29 is 14.3 Å². The fourth-order valence-electron chi connectivity index (χ4n) is 2.50. The molecule has 0 aliphatic heterocycles. The Morgan fingerprint density at radius 2 is 2.28 bits per heavy atom. The average molecular weight is 252 g/mol. The van der Waals surface area contributed by atoms with E-state index in [1.54, 1.807) is 0 Å². The van der Waals surface area contributed by atoms with E-state index < -0.39 is 11.9 Å². The van der Waals surface area contributed by atoms with Crippen molar-refractivity contribution in [3.63, 3.8) is 0 Å². The van der Waals surface area contributed by atoms with Crippen molar-refractivity contribution in [2.45, 2.75) is 19.3 Å². The van der Waals surface area contributed by atoms with Gasteiger partial charge in [0.25, 0.3) is 5.91 Å². The molecule has 5 heteroatoms. The van der Waals surface area contributed by atoms with Gasteiger partial charge < -0.3 is 10.4 Å². The fourth-order valence-corrected chi connectivity index (χ4v) is 2.50. The van der Waals surface area contributed by atoms with Gasteiger partial charge in [0, 0.05) is 19.3 Å². The predicted octanol–water partition coefficient (Wildman–Crippen LogP) is 1.36. The monoisotopic (exact) mass is 252 g/mol. The van der Waals surface area contributed by atoms with Crippen LogP contribution in [-0.4, -0.2) is 29.1 Å². The van der Waals surface area contributed by atoms with Crippen molar-refractivity contribution in [2.24, 2.45) is 11.8 Å². The number of pyridine rings is 1. The molecule has 2 N–H and O–H groups in total. The maximum Gasteiger partial charge on any atom is 0.255 e. The van der Waals surface area contributed by atoms with E-state index in [0.29, 0.717) is 12.5 Å². The second-order valence-electron chi connectivity index (χ2n) is 4.69. The molecule has 2 rings (SSSR count). The molecule has 4 nitrogen and oxygen atoms in total. The summed E-state index contributed by atoms with van der Waals surface area (Å²) in [6.07, 6.45) is 4.39. The highest BCUT2D eigenvalue weighted by Crippen LogP contribution is 2.30. The lowest BCUT2D eigenvalue weighted by atomic mass is 9.97. The number of carbonyl (C=O) groups excluding carboxylic acids is 1. The molecular formula is C13H17FN2O2. The Balaban J connectivity index is 1.91. The molecule has 18 heavy (non-hydrogen) atoms. The molecule has 1 fully saturated rings. The van der Waals surface area contributed by atoms with Crippen LogP contribution in [0.1, 0.15) is 29.6 Å². The second kappa shape index (κ2) is 5.91. The minimum Gasteiger partial charge on any atom is -0.396 e. The van der Waals surface area contributed by atoms with Crippen LogP contribution in [0.4, 0.5) is 4.39 Å². The highest BCUT2D eigenvalue weighted by molar-refractivity contribution is 5.94. The molecule has 0 aromatic carbocycles. The van der Waals surface area contributed by atoms with Crippen LogP contribution in [-0.2, 0) is 0 Å². The third-order valence-corrected chi connectivity index (χ3v) is 3.58.